The molecule has 1 aromatic carbocycles. The Labute approximate surface area is 88.7 Å². The Bertz CT molecular complexity index is 412. The third-order valence-corrected chi connectivity index (χ3v) is 2.58. The molecule has 2 rings (SSSR count). The van der Waals surface area contributed by atoms with Gasteiger partial charge in [-0.1, -0.05) is 25.1 Å². The van der Waals surface area contributed by atoms with Gasteiger partial charge in [-0.2, -0.15) is 0 Å². The van der Waals surface area contributed by atoms with E-state index < -0.39 is 0 Å². The van der Waals surface area contributed by atoms with Crippen LogP contribution in [0.2, 0.25) is 0 Å². The standard InChI is InChI=1S/C12H13NO2/c1-2-7-13-11(14)8-9-5-3-4-6-10(9)12(13)15/h3-6H,2,7-8H2,1H3. The van der Waals surface area contributed by atoms with Crippen molar-refractivity contribution in [3.8, 4) is 0 Å². The zero-order valence-corrected chi connectivity index (χ0v) is 8.69. The van der Waals surface area contributed by atoms with Gasteiger partial charge in [0.15, 0.2) is 0 Å². The minimum Gasteiger partial charge on any atom is -0.278 e. The number of rotatable bonds is 2. The number of carbonyl (C=O) groups is 2. The number of hydrogen-bond acceptors (Lipinski definition) is 2. The van der Waals surface area contributed by atoms with Crippen molar-refractivity contribution in [3.63, 3.8) is 0 Å². The molecule has 0 atom stereocenters. The SMILES string of the molecule is CCCN1C(=O)Cc2ccccc2C1=O. The molecule has 0 N–H and O–H groups in total. The van der Waals surface area contributed by atoms with Gasteiger partial charge in [0, 0.05) is 12.1 Å². The number of amides is 2. The molecule has 0 saturated heterocycles. The molecule has 0 spiro atoms. The highest BCUT2D eigenvalue weighted by Crippen LogP contribution is 2.19. The van der Waals surface area contributed by atoms with Crippen molar-refractivity contribution in [2.75, 3.05) is 6.54 Å². The maximum Gasteiger partial charge on any atom is 0.260 e. The second-order valence-electron chi connectivity index (χ2n) is 3.68. The first-order valence-corrected chi connectivity index (χ1v) is 5.16. The summed E-state index contributed by atoms with van der Waals surface area (Å²) in [4.78, 5) is 24.9. The highest BCUT2D eigenvalue weighted by molar-refractivity contribution is 6.09. The second kappa shape index (κ2) is 3.85. The van der Waals surface area contributed by atoms with Gasteiger partial charge in [-0.25, -0.2) is 0 Å². The lowest BCUT2D eigenvalue weighted by Gasteiger charge is -2.26. The summed E-state index contributed by atoms with van der Waals surface area (Å²) < 4.78 is 0. The first-order chi connectivity index (χ1) is 7.24. The van der Waals surface area contributed by atoms with Gasteiger partial charge in [-0.3, -0.25) is 14.5 Å². The highest BCUT2D eigenvalue weighted by Gasteiger charge is 2.29. The van der Waals surface area contributed by atoms with Crippen molar-refractivity contribution in [3.05, 3.63) is 35.4 Å². The maximum absolute atomic E-state index is 11.9. The van der Waals surface area contributed by atoms with Crippen LogP contribution in [0.4, 0.5) is 0 Å². The lowest BCUT2D eigenvalue weighted by Crippen LogP contribution is -2.42. The molecule has 1 heterocycles. The quantitative estimate of drug-likeness (QED) is 0.685. The molecular formula is C12H13NO2. The van der Waals surface area contributed by atoms with Crippen molar-refractivity contribution in [2.24, 2.45) is 0 Å². The Kier molecular flexibility index (Phi) is 2.54. The summed E-state index contributed by atoms with van der Waals surface area (Å²) in [6.45, 7) is 2.48. The Balaban J connectivity index is 2.38. The Morgan fingerprint density at radius 1 is 1.27 bits per heavy atom. The van der Waals surface area contributed by atoms with Crippen molar-refractivity contribution in [2.45, 2.75) is 19.8 Å². The van der Waals surface area contributed by atoms with Gasteiger partial charge in [0.2, 0.25) is 5.91 Å². The predicted octanol–water partition coefficient (Wildman–Crippen LogP) is 1.62. The summed E-state index contributed by atoms with van der Waals surface area (Å²) in [5.74, 6) is -0.232. The largest absolute Gasteiger partial charge is 0.278 e. The van der Waals surface area contributed by atoms with Gasteiger partial charge < -0.3 is 0 Å². The summed E-state index contributed by atoms with van der Waals surface area (Å²) in [7, 11) is 0. The number of carbonyl (C=O) groups excluding carboxylic acids is 2. The third-order valence-electron chi connectivity index (χ3n) is 2.58. The number of imide groups is 1. The van der Waals surface area contributed by atoms with Gasteiger partial charge in [0.05, 0.1) is 6.42 Å². The van der Waals surface area contributed by atoms with Crippen LogP contribution in [0.25, 0.3) is 0 Å². The Morgan fingerprint density at radius 3 is 2.73 bits per heavy atom. The first kappa shape index (κ1) is 9.90. The summed E-state index contributed by atoms with van der Waals surface area (Å²) >= 11 is 0. The van der Waals surface area contributed by atoms with E-state index in [0.29, 0.717) is 18.5 Å². The molecule has 15 heavy (non-hydrogen) atoms. The molecule has 3 nitrogen and oxygen atoms in total. The fraction of sp³-hybridized carbons (Fsp3) is 0.333. The monoisotopic (exact) mass is 203 g/mol. The molecule has 0 aromatic heterocycles. The van der Waals surface area contributed by atoms with Gasteiger partial charge in [-0.15, -0.1) is 0 Å². The van der Waals surface area contributed by atoms with E-state index in [1.807, 2.05) is 25.1 Å². The van der Waals surface area contributed by atoms with Crippen LogP contribution in [0.1, 0.15) is 29.3 Å². The van der Waals surface area contributed by atoms with Crippen LogP contribution in [0.15, 0.2) is 24.3 Å². The van der Waals surface area contributed by atoms with Gasteiger partial charge in [0.1, 0.15) is 0 Å². The molecule has 0 unspecified atom stereocenters. The normalized spacial score (nSPS) is 15.4. The highest BCUT2D eigenvalue weighted by atomic mass is 16.2. The number of hydrogen-bond donors (Lipinski definition) is 0. The van der Waals surface area contributed by atoms with E-state index in [2.05, 4.69) is 0 Å². The predicted molar refractivity (Wildman–Crippen MR) is 56.5 cm³/mol. The number of benzene rings is 1. The Hall–Kier alpha value is -1.64. The molecule has 0 radical (unpaired) electrons. The van der Waals surface area contributed by atoms with Gasteiger partial charge in [0.25, 0.3) is 5.91 Å². The molecule has 78 valence electrons. The van der Waals surface area contributed by atoms with Gasteiger partial charge in [-0.05, 0) is 18.1 Å². The number of fused-ring (bicyclic) bond motifs is 1. The molecule has 1 aromatic rings. The summed E-state index contributed by atoms with van der Waals surface area (Å²) in [6.07, 6.45) is 1.15. The van der Waals surface area contributed by atoms with E-state index in [9.17, 15) is 9.59 Å². The zero-order valence-electron chi connectivity index (χ0n) is 8.69. The zero-order chi connectivity index (χ0) is 10.8. The molecular weight excluding hydrogens is 190 g/mol. The van der Waals surface area contributed by atoms with Crippen LogP contribution in [0, 0.1) is 0 Å². The fourth-order valence-electron chi connectivity index (χ4n) is 1.85. The maximum atomic E-state index is 11.9. The molecule has 0 bridgehead atoms. The van der Waals surface area contributed by atoms with Crippen LogP contribution in [0.3, 0.4) is 0 Å². The molecule has 2 amide bonds. The Morgan fingerprint density at radius 2 is 2.00 bits per heavy atom. The summed E-state index contributed by atoms with van der Waals surface area (Å²) in [5, 5.41) is 0. The van der Waals surface area contributed by atoms with Crippen molar-refractivity contribution >= 4 is 11.8 Å². The van der Waals surface area contributed by atoms with Crippen LogP contribution in [0.5, 0.6) is 0 Å². The van der Waals surface area contributed by atoms with Crippen molar-refractivity contribution in [1.29, 1.82) is 0 Å². The first-order valence-electron chi connectivity index (χ1n) is 5.16. The molecule has 1 aliphatic rings. The molecule has 3 heteroatoms. The number of nitrogens with zero attached hydrogens (tertiary/aromatic N) is 1. The van der Waals surface area contributed by atoms with Crippen molar-refractivity contribution < 1.29 is 9.59 Å². The van der Waals surface area contributed by atoms with E-state index in [1.54, 1.807) is 6.07 Å². The third kappa shape index (κ3) is 1.65. The second-order valence-corrected chi connectivity index (χ2v) is 3.68. The molecule has 0 fully saturated rings. The lowest BCUT2D eigenvalue weighted by atomic mass is 9.98. The van der Waals surface area contributed by atoms with Crippen LogP contribution in [-0.2, 0) is 11.2 Å². The van der Waals surface area contributed by atoms with E-state index in [0.717, 1.165) is 12.0 Å². The smallest absolute Gasteiger partial charge is 0.260 e. The summed E-state index contributed by atoms with van der Waals surface area (Å²) in [6, 6.07) is 7.31. The fourth-order valence-corrected chi connectivity index (χ4v) is 1.85. The van der Waals surface area contributed by atoms with E-state index in [-0.39, 0.29) is 11.8 Å². The summed E-state index contributed by atoms with van der Waals surface area (Å²) in [5.41, 5.74) is 1.52. The average molecular weight is 203 g/mol. The van der Waals surface area contributed by atoms with Crippen LogP contribution in [-0.4, -0.2) is 23.3 Å². The minimum absolute atomic E-state index is 0.0828. The lowest BCUT2D eigenvalue weighted by molar-refractivity contribution is -0.128. The van der Waals surface area contributed by atoms with Crippen LogP contribution >= 0.6 is 0 Å². The van der Waals surface area contributed by atoms with Crippen molar-refractivity contribution in [1.82, 2.24) is 4.90 Å². The molecule has 0 saturated carbocycles. The topological polar surface area (TPSA) is 37.4 Å². The van der Waals surface area contributed by atoms with E-state index >= 15 is 0 Å². The average Bonchev–Trinajstić information content (AvgIpc) is 2.24. The van der Waals surface area contributed by atoms with Gasteiger partial charge >= 0.3 is 0 Å². The molecule has 1 aliphatic heterocycles. The molecule has 0 aliphatic carbocycles. The van der Waals surface area contributed by atoms with E-state index in [1.165, 1.54) is 4.90 Å². The minimum atomic E-state index is -0.149. The van der Waals surface area contributed by atoms with E-state index in [4.69, 9.17) is 0 Å². The van der Waals surface area contributed by atoms with Crippen LogP contribution < -0.4 is 0 Å².